The predicted octanol–water partition coefficient (Wildman–Crippen LogP) is 1.69. The highest BCUT2D eigenvalue weighted by Crippen LogP contribution is 2.33. The number of methoxy groups -OCH3 is 1. The second kappa shape index (κ2) is 4.70. The van der Waals surface area contributed by atoms with E-state index in [-0.39, 0.29) is 11.6 Å². The zero-order valence-corrected chi connectivity index (χ0v) is 9.29. The van der Waals surface area contributed by atoms with Crippen molar-refractivity contribution < 1.29 is 14.2 Å². The molecule has 4 heteroatoms. The van der Waals surface area contributed by atoms with Gasteiger partial charge in [0.25, 0.3) is 0 Å². The summed E-state index contributed by atoms with van der Waals surface area (Å²) in [5, 5.41) is 13.1. The molecule has 1 aliphatic heterocycles. The first-order valence-electron chi connectivity index (χ1n) is 5.47. The lowest BCUT2D eigenvalue weighted by molar-refractivity contribution is 0.364. The number of aromatic hydroxyl groups is 1. The molecule has 2 N–H and O–H groups in total. The Morgan fingerprint density at radius 2 is 2.38 bits per heavy atom. The van der Waals surface area contributed by atoms with Crippen LogP contribution in [-0.2, 0) is 6.42 Å². The van der Waals surface area contributed by atoms with Crippen LogP contribution in [0.1, 0.15) is 12.0 Å². The van der Waals surface area contributed by atoms with Gasteiger partial charge in [0.15, 0.2) is 11.5 Å². The molecule has 0 spiro atoms. The molecule has 0 saturated carbocycles. The molecular formula is C12H16FNO2. The van der Waals surface area contributed by atoms with E-state index in [9.17, 15) is 9.50 Å². The van der Waals surface area contributed by atoms with Gasteiger partial charge in [-0.15, -0.1) is 0 Å². The van der Waals surface area contributed by atoms with E-state index in [4.69, 9.17) is 4.74 Å². The normalized spacial score (nSPS) is 20.0. The number of ether oxygens (including phenoxy) is 1. The Labute approximate surface area is 94.2 Å². The lowest BCUT2D eigenvalue weighted by Gasteiger charge is -2.13. The molecule has 0 aromatic heterocycles. The molecule has 0 amide bonds. The Bertz CT molecular complexity index is 376. The van der Waals surface area contributed by atoms with Gasteiger partial charge in [-0.2, -0.15) is 0 Å². The first-order valence-corrected chi connectivity index (χ1v) is 5.47. The molecule has 0 bridgehead atoms. The molecular weight excluding hydrogens is 209 g/mol. The fourth-order valence-electron chi connectivity index (χ4n) is 2.13. The summed E-state index contributed by atoms with van der Waals surface area (Å²) < 4.78 is 18.6. The van der Waals surface area contributed by atoms with E-state index in [1.807, 2.05) is 0 Å². The van der Waals surface area contributed by atoms with Crippen LogP contribution in [0.2, 0.25) is 0 Å². The lowest BCUT2D eigenvalue weighted by Crippen LogP contribution is -2.11. The second-order valence-electron chi connectivity index (χ2n) is 4.14. The molecule has 1 aliphatic rings. The molecule has 2 rings (SSSR count). The zero-order valence-electron chi connectivity index (χ0n) is 9.29. The van der Waals surface area contributed by atoms with Gasteiger partial charge in [-0.05, 0) is 44.0 Å². The Balaban J connectivity index is 2.23. The van der Waals surface area contributed by atoms with Crippen LogP contribution in [-0.4, -0.2) is 25.3 Å². The highest BCUT2D eigenvalue weighted by Gasteiger charge is 2.20. The second-order valence-corrected chi connectivity index (χ2v) is 4.14. The average Bonchev–Trinajstić information content (AvgIpc) is 2.77. The van der Waals surface area contributed by atoms with Gasteiger partial charge in [-0.1, -0.05) is 0 Å². The monoisotopic (exact) mass is 225 g/mol. The van der Waals surface area contributed by atoms with Gasteiger partial charge in [-0.3, -0.25) is 0 Å². The van der Waals surface area contributed by atoms with Crippen molar-refractivity contribution in [1.29, 1.82) is 0 Å². The van der Waals surface area contributed by atoms with Crippen LogP contribution in [0.4, 0.5) is 4.39 Å². The first kappa shape index (κ1) is 11.2. The van der Waals surface area contributed by atoms with E-state index in [2.05, 4.69) is 5.32 Å². The van der Waals surface area contributed by atoms with E-state index >= 15 is 0 Å². The minimum atomic E-state index is -0.356. The van der Waals surface area contributed by atoms with Crippen molar-refractivity contribution in [1.82, 2.24) is 5.32 Å². The third kappa shape index (κ3) is 2.11. The van der Waals surface area contributed by atoms with E-state index < -0.39 is 0 Å². The Morgan fingerprint density at radius 1 is 1.56 bits per heavy atom. The summed E-state index contributed by atoms with van der Waals surface area (Å²) in [6.45, 7) is 1.85. The summed E-state index contributed by atoms with van der Waals surface area (Å²) in [7, 11) is 1.47. The summed E-state index contributed by atoms with van der Waals surface area (Å²) >= 11 is 0. The van der Waals surface area contributed by atoms with Crippen LogP contribution in [0.5, 0.6) is 11.5 Å². The van der Waals surface area contributed by atoms with E-state index in [0.29, 0.717) is 23.7 Å². The number of phenolic OH excluding ortho intramolecular Hbond substituents is 1. The van der Waals surface area contributed by atoms with Gasteiger partial charge in [-0.25, -0.2) is 4.39 Å². The third-order valence-corrected chi connectivity index (χ3v) is 3.06. The maximum absolute atomic E-state index is 13.6. The summed E-state index contributed by atoms with van der Waals surface area (Å²) in [4.78, 5) is 0. The lowest BCUT2D eigenvalue weighted by atomic mass is 9.97. The van der Waals surface area contributed by atoms with Crippen molar-refractivity contribution in [2.24, 2.45) is 5.92 Å². The van der Waals surface area contributed by atoms with Crippen LogP contribution < -0.4 is 10.1 Å². The van der Waals surface area contributed by atoms with Gasteiger partial charge in [0.05, 0.1) is 7.11 Å². The van der Waals surface area contributed by atoms with Crippen molar-refractivity contribution in [3.05, 3.63) is 23.5 Å². The minimum Gasteiger partial charge on any atom is -0.504 e. The van der Waals surface area contributed by atoms with Crippen LogP contribution >= 0.6 is 0 Å². The number of rotatable bonds is 3. The number of phenols is 1. The summed E-state index contributed by atoms with van der Waals surface area (Å²) in [5.74, 6) is 0.314. The quantitative estimate of drug-likeness (QED) is 0.822. The predicted molar refractivity (Wildman–Crippen MR) is 59.3 cm³/mol. The molecule has 1 aromatic carbocycles. The highest BCUT2D eigenvalue weighted by molar-refractivity contribution is 5.46. The van der Waals surface area contributed by atoms with Crippen molar-refractivity contribution in [2.45, 2.75) is 12.8 Å². The fourth-order valence-corrected chi connectivity index (χ4v) is 2.13. The molecule has 1 saturated heterocycles. The summed E-state index contributed by atoms with van der Waals surface area (Å²) in [5.41, 5.74) is 0.369. The van der Waals surface area contributed by atoms with Gasteiger partial charge in [0, 0.05) is 5.56 Å². The number of halogens is 1. The number of benzene rings is 1. The van der Waals surface area contributed by atoms with Crippen LogP contribution in [0.3, 0.4) is 0 Å². The van der Waals surface area contributed by atoms with Crippen LogP contribution in [0.25, 0.3) is 0 Å². The van der Waals surface area contributed by atoms with E-state index in [1.54, 1.807) is 0 Å². The SMILES string of the molecule is COc1ccc(F)c(CC2CCNC2)c1O. The molecule has 1 unspecified atom stereocenters. The molecule has 0 aliphatic carbocycles. The topological polar surface area (TPSA) is 41.5 Å². The van der Waals surface area contributed by atoms with Crippen molar-refractivity contribution in [3.63, 3.8) is 0 Å². The van der Waals surface area contributed by atoms with Crippen molar-refractivity contribution in [3.8, 4) is 11.5 Å². The zero-order chi connectivity index (χ0) is 11.5. The molecule has 3 nitrogen and oxygen atoms in total. The first-order chi connectivity index (χ1) is 7.72. The molecule has 1 aromatic rings. The van der Waals surface area contributed by atoms with Gasteiger partial charge in [0.1, 0.15) is 5.82 Å². The van der Waals surface area contributed by atoms with Gasteiger partial charge in [0.2, 0.25) is 0 Å². The minimum absolute atomic E-state index is 0.0607. The number of hydrogen-bond acceptors (Lipinski definition) is 3. The Kier molecular flexibility index (Phi) is 3.29. The largest absolute Gasteiger partial charge is 0.504 e. The van der Waals surface area contributed by atoms with Gasteiger partial charge < -0.3 is 15.2 Å². The van der Waals surface area contributed by atoms with E-state index in [1.165, 1.54) is 19.2 Å². The smallest absolute Gasteiger partial charge is 0.163 e. The van der Waals surface area contributed by atoms with Crippen LogP contribution in [0.15, 0.2) is 12.1 Å². The third-order valence-electron chi connectivity index (χ3n) is 3.06. The molecule has 88 valence electrons. The summed E-state index contributed by atoms with van der Waals surface area (Å²) in [6, 6.07) is 2.79. The fraction of sp³-hybridized carbons (Fsp3) is 0.500. The maximum Gasteiger partial charge on any atom is 0.163 e. The maximum atomic E-state index is 13.6. The van der Waals surface area contributed by atoms with Crippen LogP contribution in [0, 0.1) is 11.7 Å². The summed E-state index contributed by atoms with van der Waals surface area (Å²) in [6.07, 6.45) is 1.58. The number of hydrogen-bond donors (Lipinski definition) is 2. The standard InChI is InChI=1S/C12H16FNO2/c1-16-11-3-2-10(13)9(12(11)15)6-8-4-5-14-7-8/h2-3,8,14-15H,4-7H2,1H3. The van der Waals surface area contributed by atoms with Crippen molar-refractivity contribution in [2.75, 3.05) is 20.2 Å². The van der Waals surface area contributed by atoms with Gasteiger partial charge >= 0.3 is 0 Å². The average molecular weight is 225 g/mol. The molecule has 16 heavy (non-hydrogen) atoms. The highest BCUT2D eigenvalue weighted by atomic mass is 19.1. The Hall–Kier alpha value is -1.29. The molecule has 0 radical (unpaired) electrons. The molecule has 1 atom stereocenters. The number of nitrogens with one attached hydrogen (secondary N) is 1. The Morgan fingerprint density at radius 3 is 3.00 bits per heavy atom. The van der Waals surface area contributed by atoms with E-state index in [0.717, 1.165) is 19.5 Å². The molecule has 1 fully saturated rings. The van der Waals surface area contributed by atoms with Crippen molar-refractivity contribution >= 4 is 0 Å². The molecule has 1 heterocycles.